The van der Waals surface area contributed by atoms with Gasteiger partial charge in [0.2, 0.25) is 0 Å². The predicted octanol–water partition coefficient (Wildman–Crippen LogP) is 3.18. The Morgan fingerprint density at radius 1 is 1.42 bits per heavy atom. The third-order valence-electron chi connectivity index (χ3n) is 4.24. The van der Waals surface area contributed by atoms with Crippen LogP contribution in [0.2, 0.25) is 0 Å². The zero-order valence-corrected chi connectivity index (χ0v) is 11.7. The molecule has 0 bridgehead atoms. The number of para-hydroxylation sites is 1. The van der Waals surface area contributed by atoms with Crippen LogP contribution in [-0.4, -0.2) is 31.1 Å². The molecule has 19 heavy (non-hydrogen) atoms. The van der Waals surface area contributed by atoms with Crippen LogP contribution >= 0.6 is 0 Å². The number of rotatable bonds is 4. The van der Waals surface area contributed by atoms with Gasteiger partial charge in [-0.3, -0.25) is 4.90 Å². The van der Waals surface area contributed by atoms with Gasteiger partial charge in [0.25, 0.3) is 0 Å². The average molecular weight is 258 g/mol. The first-order valence-electron chi connectivity index (χ1n) is 7.17. The summed E-state index contributed by atoms with van der Waals surface area (Å²) in [5.74, 6) is 1.04. The minimum Gasteiger partial charge on any atom is -0.459 e. The number of fused-ring (bicyclic) bond motifs is 1. The SMILES string of the molecule is CNC(CN1CCCC1C)c1cc2ccccc2o1. The number of nitrogens with zero attached hydrogens (tertiary/aromatic N) is 1. The Balaban J connectivity index is 1.81. The minimum absolute atomic E-state index is 0.271. The van der Waals surface area contributed by atoms with Crippen LogP contribution in [0.15, 0.2) is 34.7 Å². The van der Waals surface area contributed by atoms with E-state index in [0.717, 1.165) is 17.9 Å². The van der Waals surface area contributed by atoms with Crippen molar-refractivity contribution in [2.45, 2.75) is 31.8 Å². The van der Waals surface area contributed by atoms with Crippen LogP contribution in [0.3, 0.4) is 0 Å². The molecule has 1 aliphatic rings. The van der Waals surface area contributed by atoms with E-state index in [1.54, 1.807) is 0 Å². The van der Waals surface area contributed by atoms with Gasteiger partial charge in [-0.15, -0.1) is 0 Å². The van der Waals surface area contributed by atoms with Crippen molar-refractivity contribution < 1.29 is 4.42 Å². The summed E-state index contributed by atoms with van der Waals surface area (Å²) in [6.07, 6.45) is 2.63. The van der Waals surface area contributed by atoms with E-state index in [2.05, 4.69) is 35.3 Å². The van der Waals surface area contributed by atoms with Gasteiger partial charge in [-0.1, -0.05) is 18.2 Å². The second kappa shape index (κ2) is 5.35. The summed E-state index contributed by atoms with van der Waals surface area (Å²) in [6.45, 7) is 4.55. The molecule has 1 aromatic heterocycles. The molecule has 2 atom stereocenters. The van der Waals surface area contributed by atoms with Crippen molar-refractivity contribution in [2.24, 2.45) is 0 Å². The predicted molar refractivity (Wildman–Crippen MR) is 78.3 cm³/mol. The third-order valence-corrected chi connectivity index (χ3v) is 4.24. The van der Waals surface area contributed by atoms with E-state index in [1.807, 2.05) is 19.2 Å². The lowest BCUT2D eigenvalue weighted by atomic mass is 10.1. The van der Waals surface area contributed by atoms with E-state index >= 15 is 0 Å². The van der Waals surface area contributed by atoms with Crippen molar-refractivity contribution in [3.63, 3.8) is 0 Å². The molecule has 2 unspecified atom stereocenters. The van der Waals surface area contributed by atoms with Crippen LogP contribution in [0, 0.1) is 0 Å². The molecule has 1 N–H and O–H groups in total. The largest absolute Gasteiger partial charge is 0.459 e. The quantitative estimate of drug-likeness (QED) is 0.913. The van der Waals surface area contributed by atoms with Gasteiger partial charge in [-0.05, 0) is 45.5 Å². The van der Waals surface area contributed by atoms with Crippen LogP contribution < -0.4 is 5.32 Å². The fourth-order valence-electron chi connectivity index (χ4n) is 3.00. The highest BCUT2D eigenvalue weighted by molar-refractivity contribution is 5.77. The molecule has 1 aromatic carbocycles. The normalized spacial score (nSPS) is 22.1. The topological polar surface area (TPSA) is 28.4 Å². The maximum Gasteiger partial charge on any atom is 0.134 e. The molecule has 0 saturated carbocycles. The molecule has 102 valence electrons. The molecule has 3 heteroatoms. The molecule has 0 aliphatic carbocycles. The molecule has 1 saturated heterocycles. The maximum absolute atomic E-state index is 5.98. The van der Waals surface area contributed by atoms with Gasteiger partial charge in [-0.25, -0.2) is 0 Å². The lowest BCUT2D eigenvalue weighted by Crippen LogP contribution is -2.35. The molecule has 0 radical (unpaired) electrons. The first-order valence-corrected chi connectivity index (χ1v) is 7.17. The Morgan fingerprint density at radius 3 is 2.95 bits per heavy atom. The number of benzene rings is 1. The monoisotopic (exact) mass is 258 g/mol. The van der Waals surface area contributed by atoms with Crippen molar-refractivity contribution in [3.8, 4) is 0 Å². The van der Waals surface area contributed by atoms with E-state index in [0.29, 0.717) is 6.04 Å². The number of nitrogens with one attached hydrogen (secondary N) is 1. The van der Waals surface area contributed by atoms with Crippen molar-refractivity contribution in [3.05, 3.63) is 36.1 Å². The average Bonchev–Trinajstić information content (AvgIpc) is 3.02. The smallest absolute Gasteiger partial charge is 0.134 e. The van der Waals surface area contributed by atoms with Gasteiger partial charge in [0, 0.05) is 18.0 Å². The van der Waals surface area contributed by atoms with Crippen LogP contribution in [0.25, 0.3) is 11.0 Å². The maximum atomic E-state index is 5.98. The highest BCUT2D eigenvalue weighted by Crippen LogP contribution is 2.26. The fourth-order valence-corrected chi connectivity index (χ4v) is 3.00. The van der Waals surface area contributed by atoms with Gasteiger partial charge in [-0.2, -0.15) is 0 Å². The van der Waals surface area contributed by atoms with Crippen LogP contribution in [-0.2, 0) is 0 Å². The molecule has 2 aromatic rings. The second-order valence-electron chi connectivity index (χ2n) is 5.51. The molecule has 0 spiro atoms. The molecular weight excluding hydrogens is 236 g/mol. The standard InChI is InChI=1S/C16H22N2O/c1-12-6-5-9-18(12)11-14(17-2)16-10-13-7-3-4-8-15(13)19-16/h3-4,7-8,10,12,14,17H,5-6,9,11H2,1-2H3. The van der Waals surface area contributed by atoms with Gasteiger partial charge >= 0.3 is 0 Å². The summed E-state index contributed by atoms with van der Waals surface area (Å²) in [6, 6.07) is 11.3. The first-order chi connectivity index (χ1) is 9.28. The van der Waals surface area contributed by atoms with Crippen LogP contribution in [0.1, 0.15) is 31.6 Å². The Bertz CT molecular complexity index is 515. The Kier molecular flexibility index (Phi) is 3.58. The third kappa shape index (κ3) is 2.53. The first kappa shape index (κ1) is 12.7. The van der Waals surface area contributed by atoms with E-state index in [4.69, 9.17) is 4.42 Å². The number of likely N-dealkylation sites (N-methyl/N-ethyl adjacent to an activating group) is 1. The Morgan fingerprint density at radius 2 is 2.26 bits per heavy atom. The summed E-state index contributed by atoms with van der Waals surface area (Å²) < 4.78 is 5.98. The molecule has 2 heterocycles. The van der Waals surface area contributed by atoms with Gasteiger partial charge in [0.1, 0.15) is 11.3 Å². The molecule has 0 amide bonds. The van der Waals surface area contributed by atoms with E-state index in [1.165, 1.54) is 24.8 Å². The lowest BCUT2D eigenvalue weighted by Gasteiger charge is -2.25. The number of hydrogen-bond acceptors (Lipinski definition) is 3. The zero-order chi connectivity index (χ0) is 13.2. The van der Waals surface area contributed by atoms with E-state index < -0.39 is 0 Å². The Labute approximate surface area is 114 Å². The summed E-state index contributed by atoms with van der Waals surface area (Å²) >= 11 is 0. The second-order valence-corrected chi connectivity index (χ2v) is 5.51. The highest BCUT2D eigenvalue weighted by atomic mass is 16.3. The van der Waals surface area contributed by atoms with Gasteiger partial charge in [0.15, 0.2) is 0 Å². The summed E-state index contributed by atoms with van der Waals surface area (Å²) in [5, 5.41) is 4.58. The van der Waals surface area contributed by atoms with Crippen LogP contribution in [0.5, 0.6) is 0 Å². The number of furan rings is 1. The summed E-state index contributed by atoms with van der Waals surface area (Å²) in [5.41, 5.74) is 0.979. The molecule has 3 rings (SSSR count). The highest BCUT2D eigenvalue weighted by Gasteiger charge is 2.25. The molecule has 1 aliphatic heterocycles. The molecule has 3 nitrogen and oxygen atoms in total. The van der Waals surface area contributed by atoms with Gasteiger partial charge in [0.05, 0.1) is 6.04 Å². The van der Waals surface area contributed by atoms with E-state index in [9.17, 15) is 0 Å². The van der Waals surface area contributed by atoms with Crippen LogP contribution in [0.4, 0.5) is 0 Å². The van der Waals surface area contributed by atoms with E-state index in [-0.39, 0.29) is 6.04 Å². The minimum atomic E-state index is 0.271. The van der Waals surface area contributed by atoms with Crippen molar-refractivity contribution in [1.82, 2.24) is 10.2 Å². The van der Waals surface area contributed by atoms with Gasteiger partial charge < -0.3 is 9.73 Å². The summed E-state index contributed by atoms with van der Waals surface area (Å²) in [7, 11) is 2.01. The molecule has 1 fully saturated rings. The van der Waals surface area contributed by atoms with Crippen molar-refractivity contribution >= 4 is 11.0 Å². The van der Waals surface area contributed by atoms with Crippen molar-refractivity contribution in [1.29, 1.82) is 0 Å². The Hall–Kier alpha value is -1.32. The number of hydrogen-bond donors (Lipinski definition) is 1. The summed E-state index contributed by atoms with van der Waals surface area (Å²) in [4.78, 5) is 2.55. The molecular formula is C16H22N2O. The van der Waals surface area contributed by atoms with Crippen molar-refractivity contribution in [2.75, 3.05) is 20.1 Å². The number of likely N-dealkylation sites (tertiary alicyclic amines) is 1. The lowest BCUT2D eigenvalue weighted by molar-refractivity contribution is 0.230. The fraction of sp³-hybridized carbons (Fsp3) is 0.500. The zero-order valence-electron chi connectivity index (χ0n) is 11.7.